The van der Waals surface area contributed by atoms with Gasteiger partial charge in [0.2, 0.25) is 0 Å². The molecule has 4 fully saturated rings. The van der Waals surface area contributed by atoms with E-state index in [1.165, 1.54) is 0 Å². The van der Waals surface area contributed by atoms with Gasteiger partial charge in [-0.25, -0.2) is 0 Å². The van der Waals surface area contributed by atoms with E-state index in [0.29, 0.717) is 19.3 Å². The van der Waals surface area contributed by atoms with Gasteiger partial charge in [-0.1, -0.05) is 46.3 Å². The average molecular weight is 1520 g/mol. The molecule has 253 valence electrons. The van der Waals surface area contributed by atoms with Crippen LogP contribution in [0.15, 0.2) is 11.6 Å². The molecule has 11 radical (unpaired) electrons. The second-order valence-electron chi connectivity index (χ2n) is 15.4. The molecule has 0 spiro atoms. The molecule has 0 bridgehead atoms. The number of carboxylic acid groups (broad SMARTS) is 2. The van der Waals surface area contributed by atoms with E-state index in [1.54, 1.807) is 14.2 Å². The first-order chi connectivity index (χ1) is 18.0. The van der Waals surface area contributed by atoms with Gasteiger partial charge in [0.1, 0.15) is 0 Å². The zero-order chi connectivity index (χ0) is 29.0. The van der Waals surface area contributed by atoms with Gasteiger partial charge in [0.15, 0.2) is 0 Å². The Kier molecular flexibility index (Phi) is 43.0. The Morgan fingerprint density at radius 1 is 0.700 bits per heavy atom. The number of ether oxygens (including phenoxy) is 2. The fraction of sp³-hybridized carbons (Fsp3) is 0.875. The first kappa shape index (κ1) is 75.0. The Labute approximate surface area is 578 Å². The number of hydrogen-bond donors (Lipinski definition) is 3. The minimum atomic E-state index is -1.08. The molecule has 4 saturated carbocycles. The quantitative estimate of drug-likeness (QED) is 0.318. The number of aliphatic carboxylic acids is 2. The summed E-state index contributed by atoms with van der Waals surface area (Å²) in [6.07, 6.45) is 6.47. The predicted molar refractivity (Wildman–Crippen MR) is 147 cm³/mol. The van der Waals surface area contributed by atoms with E-state index in [0.717, 1.165) is 37.7 Å². The van der Waals surface area contributed by atoms with Crippen molar-refractivity contribution in [1.82, 2.24) is 0 Å². The standard InChI is InChI=1S/C32H50O7.11Y/c1-27(2)13-15-32(26(36)37)16-14-29(4)18(22(32)23(27)33)9-10-20-28(3)17-19(38-7)24(39-8)31(6,25(34)35)21(28)11-12-30(20,29)5;;;;;;;;;;;/h9,19-24,33H,10-17H2,1-8H3,(H,34,35)(H,36,37);;;;;;;;;;;/t19?,20?,21?,22?,23?,24?,28?,29?,30?,31-,32?;;;;;;;;;;;/m1.........../s1. The van der Waals surface area contributed by atoms with Crippen molar-refractivity contribution in [2.75, 3.05) is 14.2 Å². The number of methoxy groups -OCH3 is 2. The van der Waals surface area contributed by atoms with Crippen LogP contribution in [0.4, 0.5) is 0 Å². The van der Waals surface area contributed by atoms with Crippen LogP contribution in [0.1, 0.15) is 92.9 Å². The molecular weight excluding hydrogens is 1470 g/mol. The first-order valence-electron chi connectivity index (χ1n) is 14.9. The van der Waals surface area contributed by atoms with E-state index in [2.05, 4.69) is 40.7 Å². The van der Waals surface area contributed by atoms with Crippen molar-refractivity contribution in [2.45, 2.75) is 111 Å². The van der Waals surface area contributed by atoms with Crippen LogP contribution in [-0.2, 0) is 379 Å². The Morgan fingerprint density at radius 2 is 1.20 bits per heavy atom. The molecule has 11 atom stereocenters. The summed E-state index contributed by atoms with van der Waals surface area (Å²) in [5, 5.41) is 33.0. The van der Waals surface area contributed by atoms with E-state index in [9.17, 15) is 24.9 Å². The number of rotatable bonds is 4. The average Bonchev–Trinajstić information content (AvgIpc) is 2.86. The van der Waals surface area contributed by atoms with Gasteiger partial charge in [-0.3, -0.25) is 9.59 Å². The number of allylic oxidation sites excluding steroid dienone is 1. The van der Waals surface area contributed by atoms with Crippen LogP contribution in [0, 0.1) is 50.2 Å². The van der Waals surface area contributed by atoms with Crippen molar-refractivity contribution >= 4 is 11.9 Å². The zero-order valence-electron chi connectivity index (χ0n) is 31.5. The minimum absolute atomic E-state index is 0. The third-order valence-corrected chi connectivity index (χ3v) is 13.9. The summed E-state index contributed by atoms with van der Waals surface area (Å²) in [5.41, 5.74) is -1.95. The first-order valence-corrected chi connectivity index (χ1v) is 14.9. The molecule has 0 amide bonds. The van der Waals surface area contributed by atoms with Gasteiger partial charge in [0.05, 0.1) is 29.1 Å². The summed E-state index contributed by atoms with van der Waals surface area (Å²) in [6, 6.07) is 0. The second-order valence-corrected chi connectivity index (χ2v) is 15.4. The van der Waals surface area contributed by atoms with E-state index in [1.807, 2.05) is 6.92 Å². The van der Waals surface area contributed by atoms with Crippen LogP contribution >= 0.6 is 0 Å². The number of aliphatic hydroxyl groups is 1. The normalized spacial score (nSPS) is 40.9. The maximum absolute atomic E-state index is 13.0. The van der Waals surface area contributed by atoms with E-state index >= 15 is 0 Å². The third-order valence-electron chi connectivity index (χ3n) is 13.9. The summed E-state index contributed by atoms with van der Waals surface area (Å²) < 4.78 is 11.8. The van der Waals surface area contributed by atoms with Crippen LogP contribution in [0.5, 0.6) is 0 Å². The van der Waals surface area contributed by atoms with Gasteiger partial charge in [-0.2, -0.15) is 0 Å². The summed E-state index contributed by atoms with van der Waals surface area (Å²) in [7, 11) is 3.25. The maximum Gasteiger partial charge on any atom is 0.312 e. The maximum atomic E-state index is 13.0. The molecule has 0 aromatic rings. The molecule has 50 heavy (non-hydrogen) atoms. The van der Waals surface area contributed by atoms with Gasteiger partial charge < -0.3 is 24.8 Å². The van der Waals surface area contributed by atoms with E-state index in [4.69, 9.17) is 9.47 Å². The Bertz CT molecular complexity index is 1120. The molecule has 7 nitrogen and oxygen atoms in total. The van der Waals surface area contributed by atoms with Gasteiger partial charge in [-0.05, 0) is 91.8 Å². The summed E-state index contributed by atoms with van der Waals surface area (Å²) >= 11 is 0. The number of fused-ring (bicyclic) bond motifs is 7. The van der Waals surface area contributed by atoms with Crippen molar-refractivity contribution in [3.05, 3.63) is 11.6 Å². The van der Waals surface area contributed by atoms with E-state index < -0.39 is 40.9 Å². The summed E-state index contributed by atoms with van der Waals surface area (Å²) in [6.45, 7) is 13.0. The smallest absolute Gasteiger partial charge is 0.312 e. The molecule has 5 rings (SSSR count). The molecule has 0 aromatic heterocycles. The summed E-state index contributed by atoms with van der Waals surface area (Å²) in [5.74, 6) is -1.87. The molecule has 18 heteroatoms. The van der Waals surface area contributed by atoms with Crippen molar-refractivity contribution in [3.8, 4) is 0 Å². The topological polar surface area (TPSA) is 113 Å². The fourth-order valence-electron chi connectivity index (χ4n) is 11.2. The van der Waals surface area contributed by atoms with E-state index in [-0.39, 0.29) is 399 Å². The van der Waals surface area contributed by atoms with Crippen LogP contribution in [0.25, 0.3) is 0 Å². The van der Waals surface area contributed by atoms with Crippen LogP contribution in [-0.4, -0.2) is 59.8 Å². The minimum Gasteiger partial charge on any atom is -0.481 e. The molecule has 0 aliphatic heterocycles. The predicted octanol–water partition coefficient (Wildman–Crippen LogP) is 5.52. The molecule has 0 heterocycles. The SMILES string of the molecule is COC1CC2(C)C3CC=C4C5C(O)C(C)(C)CCC5(C(=O)O)CCC4(C)C3(C)CCC2[C@@](C)(C(=O)O)C1OC.[Y].[Y].[Y].[Y].[Y].[Y].[Y].[Y].[Y].[Y].[Y]. The Hall–Kier alpha value is 10.7. The molecule has 3 N–H and O–H groups in total. The number of hydrogen-bond acceptors (Lipinski definition) is 5. The third kappa shape index (κ3) is 12.4. The van der Waals surface area contributed by atoms with Crippen LogP contribution in [0.2, 0.25) is 0 Å². The largest absolute Gasteiger partial charge is 0.481 e. The Balaban J connectivity index is -0.000000336. The van der Waals surface area contributed by atoms with Crippen molar-refractivity contribution in [1.29, 1.82) is 0 Å². The van der Waals surface area contributed by atoms with Crippen LogP contribution < -0.4 is 0 Å². The number of carboxylic acids is 2. The number of carbonyl (C=O) groups is 2. The van der Waals surface area contributed by atoms with Gasteiger partial charge in [0.25, 0.3) is 0 Å². The van der Waals surface area contributed by atoms with Gasteiger partial charge >= 0.3 is 11.9 Å². The number of aliphatic hydroxyl groups excluding tert-OH is 1. The molecular formula is C32H50O7Y11. The molecule has 5 aliphatic rings. The molecule has 0 saturated heterocycles. The monoisotopic (exact) mass is 1520 g/mol. The van der Waals surface area contributed by atoms with Crippen LogP contribution in [0.3, 0.4) is 0 Å². The fourth-order valence-corrected chi connectivity index (χ4v) is 11.2. The van der Waals surface area contributed by atoms with Gasteiger partial charge in [-0.15, -0.1) is 0 Å². The zero-order valence-corrected chi connectivity index (χ0v) is 62.7. The molecule has 0 aromatic carbocycles. The Morgan fingerprint density at radius 3 is 1.64 bits per heavy atom. The van der Waals surface area contributed by atoms with Crippen molar-refractivity contribution in [2.24, 2.45) is 50.2 Å². The molecule has 10 unspecified atom stereocenters. The summed E-state index contributed by atoms with van der Waals surface area (Å²) in [4.78, 5) is 25.8. The second kappa shape index (κ2) is 28.7. The van der Waals surface area contributed by atoms with Gasteiger partial charge in [0, 0.05) is 380 Å². The van der Waals surface area contributed by atoms with Crippen molar-refractivity contribution in [3.63, 3.8) is 0 Å². The molecule has 5 aliphatic carbocycles. The van der Waals surface area contributed by atoms with Crippen molar-refractivity contribution < 1.29 is 394 Å².